The molecule has 0 aliphatic carbocycles. The van der Waals surface area contributed by atoms with E-state index < -0.39 is 49.5 Å². The highest BCUT2D eigenvalue weighted by molar-refractivity contribution is 5.76. The lowest BCUT2D eigenvalue weighted by molar-refractivity contribution is -0.302. The van der Waals surface area contributed by atoms with Crippen molar-refractivity contribution in [2.45, 2.75) is 243 Å². The van der Waals surface area contributed by atoms with Crippen LogP contribution in [0.4, 0.5) is 0 Å². The van der Waals surface area contributed by atoms with E-state index in [2.05, 4.69) is 43.5 Å². The topological polar surface area (TPSA) is 149 Å². The number of amides is 1. The van der Waals surface area contributed by atoms with Gasteiger partial charge in [0.15, 0.2) is 6.29 Å². The molecule has 0 spiro atoms. The molecule has 7 atom stereocenters. The minimum absolute atomic E-state index is 0.190. The van der Waals surface area contributed by atoms with Crippen molar-refractivity contribution in [2.24, 2.45) is 0 Å². The van der Waals surface area contributed by atoms with Gasteiger partial charge in [-0.25, -0.2) is 0 Å². The van der Waals surface area contributed by atoms with Crippen LogP contribution in [0, 0.1) is 0 Å². The summed E-state index contributed by atoms with van der Waals surface area (Å²) in [7, 11) is 0. The summed E-state index contributed by atoms with van der Waals surface area (Å²) in [6.07, 6.45) is 39.0. The molecule has 0 radical (unpaired) electrons. The van der Waals surface area contributed by atoms with Gasteiger partial charge in [-0.15, -0.1) is 0 Å². The van der Waals surface area contributed by atoms with Gasteiger partial charge in [-0.3, -0.25) is 4.79 Å². The average molecular weight is 794 g/mol. The zero-order chi connectivity index (χ0) is 40.9. The molecule has 1 saturated heterocycles. The quantitative estimate of drug-likeness (QED) is 0.0268. The van der Waals surface area contributed by atoms with Gasteiger partial charge in [0.1, 0.15) is 24.4 Å². The van der Waals surface area contributed by atoms with Crippen molar-refractivity contribution in [3.8, 4) is 0 Å². The lowest BCUT2D eigenvalue weighted by Gasteiger charge is -2.40. The van der Waals surface area contributed by atoms with E-state index in [9.17, 15) is 30.3 Å². The summed E-state index contributed by atoms with van der Waals surface area (Å²) in [4.78, 5) is 12.9. The van der Waals surface area contributed by atoms with Gasteiger partial charge in [-0.2, -0.15) is 0 Å². The van der Waals surface area contributed by atoms with Crippen molar-refractivity contribution < 1.29 is 39.8 Å². The molecular formula is C47H87NO8. The van der Waals surface area contributed by atoms with E-state index >= 15 is 0 Å². The molecular weight excluding hydrogens is 707 g/mol. The summed E-state index contributed by atoms with van der Waals surface area (Å²) in [6, 6.07) is -0.824. The average Bonchev–Trinajstić information content (AvgIpc) is 3.20. The van der Waals surface area contributed by atoms with Gasteiger partial charge in [0.05, 0.1) is 25.4 Å². The Morgan fingerprint density at radius 2 is 1.02 bits per heavy atom. The van der Waals surface area contributed by atoms with Crippen molar-refractivity contribution in [2.75, 3.05) is 13.2 Å². The molecule has 1 aliphatic heterocycles. The Kier molecular flexibility index (Phi) is 35.3. The Morgan fingerprint density at radius 1 is 0.589 bits per heavy atom. The van der Waals surface area contributed by atoms with Crippen LogP contribution in [-0.4, -0.2) is 87.5 Å². The van der Waals surface area contributed by atoms with Crippen LogP contribution < -0.4 is 5.32 Å². The third-order valence-corrected chi connectivity index (χ3v) is 10.9. The van der Waals surface area contributed by atoms with E-state index in [0.717, 1.165) is 44.9 Å². The van der Waals surface area contributed by atoms with Crippen molar-refractivity contribution >= 4 is 5.91 Å². The van der Waals surface area contributed by atoms with Crippen LogP contribution in [-0.2, 0) is 14.3 Å². The predicted molar refractivity (Wildman–Crippen MR) is 230 cm³/mol. The fourth-order valence-electron chi connectivity index (χ4n) is 7.19. The summed E-state index contributed by atoms with van der Waals surface area (Å²) in [6.45, 7) is 3.75. The van der Waals surface area contributed by atoms with Crippen LogP contribution in [0.2, 0.25) is 0 Å². The third kappa shape index (κ3) is 27.9. The van der Waals surface area contributed by atoms with Gasteiger partial charge in [-0.05, 0) is 44.9 Å². The zero-order valence-electron chi connectivity index (χ0n) is 35.9. The maximum atomic E-state index is 12.9. The molecule has 328 valence electrons. The van der Waals surface area contributed by atoms with Crippen LogP contribution >= 0.6 is 0 Å². The molecule has 7 unspecified atom stereocenters. The SMILES string of the molecule is CCCCCCCCC/C=C/CC/C=C/CC/C=C/C(O)C(COC1OC(CO)C(O)C(O)C1O)NC(=O)CCCCCCCCCCCCCCCCCC. The summed E-state index contributed by atoms with van der Waals surface area (Å²) in [5.41, 5.74) is 0. The zero-order valence-corrected chi connectivity index (χ0v) is 35.9. The summed E-state index contributed by atoms with van der Waals surface area (Å²) in [5.74, 6) is -0.190. The molecule has 0 aromatic heterocycles. The Morgan fingerprint density at radius 3 is 1.50 bits per heavy atom. The number of hydrogen-bond donors (Lipinski definition) is 6. The van der Waals surface area contributed by atoms with E-state index in [1.807, 2.05) is 6.08 Å². The standard InChI is InChI=1S/C47H87NO8/c1-3-5-7-9-11-13-15-17-19-21-22-24-26-28-30-32-34-36-41(50)40(39-55-47-46(54)45(53)44(52)42(38-49)56-47)48-43(51)37-35-33-31-29-27-25-23-20-18-16-14-12-10-8-6-4-2/h19,21,26,28,34,36,40-42,44-47,49-50,52-54H,3-18,20,22-25,27,29-33,35,37-39H2,1-2H3,(H,48,51)/b21-19+,28-26+,36-34+. The second kappa shape index (κ2) is 37.7. The predicted octanol–water partition coefficient (Wildman–Crippen LogP) is 9.67. The number of hydrogen-bond acceptors (Lipinski definition) is 8. The highest BCUT2D eigenvalue weighted by Gasteiger charge is 2.44. The molecule has 1 fully saturated rings. The number of aliphatic hydroxyl groups excluding tert-OH is 5. The second-order valence-electron chi connectivity index (χ2n) is 16.2. The Labute approximate surface area is 342 Å². The molecule has 9 heteroatoms. The minimum Gasteiger partial charge on any atom is -0.394 e. The highest BCUT2D eigenvalue weighted by atomic mass is 16.7. The van der Waals surface area contributed by atoms with E-state index in [-0.39, 0.29) is 12.5 Å². The van der Waals surface area contributed by atoms with E-state index in [1.165, 1.54) is 135 Å². The number of allylic oxidation sites excluding steroid dienone is 5. The van der Waals surface area contributed by atoms with E-state index in [4.69, 9.17) is 9.47 Å². The molecule has 9 nitrogen and oxygen atoms in total. The van der Waals surface area contributed by atoms with Crippen molar-refractivity contribution in [3.05, 3.63) is 36.5 Å². The van der Waals surface area contributed by atoms with Crippen LogP contribution in [0.3, 0.4) is 0 Å². The number of rotatable bonds is 38. The van der Waals surface area contributed by atoms with Crippen molar-refractivity contribution in [1.29, 1.82) is 0 Å². The first-order valence-electron chi connectivity index (χ1n) is 23.2. The molecule has 56 heavy (non-hydrogen) atoms. The van der Waals surface area contributed by atoms with Crippen LogP contribution in [0.5, 0.6) is 0 Å². The molecule has 1 aliphatic rings. The van der Waals surface area contributed by atoms with Gasteiger partial charge in [-0.1, -0.05) is 185 Å². The molecule has 0 bridgehead atoms. The van der Waals surface area contributed by atoms with Crippen LogP contribution in [0.25, 0.3) is 0 Å². The second-order valence-corrected chi connectivity index (χ2v) is 16.2. The molecule has 1 heterocycles. The largest absolute Gasteiger partial charge is 0.394 e. The summed E-state index contributed by atoms with van der Waals surface area (Å²) >= 11 is 0. The molecule has 0 aromatic carbocycles. The smallest absolute Gasteiger partial charge is 0.220 e. The monoisotopic (exact) mass is 794 g/mol. The Balaban J connectivity index is 2.39. The normalized spacial score (nSPS) is 21.4. The molecule has 1 amide bonds. The molecule has 0 aromatic rings. The fraction of sp³-hybridized carbons (Fsp3) is 0.851. The number of unbranched alkanes of at least 4 members (excludes halogenated alkanes) is 24. The van der Waals surface area contributed by atoms with Crippen LogP contribution in [0.15, 0.2) is 36.5 Å². The number of carbonyl (C=O) groups excluding carboxylic acids is 1. The third-order valence-electron chi connectivity index (χ3n) is 10.9. The first-order chi connectivity index (χ1) is 27.3. The molecule has 1 rings (SSSR count). The first kappa shape index (κ1) is 52.4. The number of aliphatic hydroxyl groups is 5. The lowest BCUT2D eigenvalue weighted by Crippen LogP contribution is -2.60. The number of nitrogens with one attached hydrogen (secondary N) is 1. The van der Waals surface area contributed by atoms with Crippen molar-refractivity contribution in [1.82, 2.24) is 5.32 Å². The van der Waals surface area contributed by atoms with Gasteiger partial charge in [0.25, 0.3) is 0 Å². The Bertz CT molecular complexity index is 972. The minimum atomic E-state index is -1.57. The summed E-state index contributed by atoms with van der Waals surface area (Å²) in [5, 5.41) is 54.2. The van der Waals surface area contributed by atoms with Gasteiger partial charge in [0, 0.05) is 6.42 Å². The number of ether oxygens (including phenoxy) is 2. The summed E-state index contributed by atoms with van der Waals surface area (Å²) < 4.78 is 11.2. The Hall–Kier alpha value is -1.59. The maximum Gasteiger partial charge on any atom is 0.220 e. The van der Waals surface area contributed by atoms with Crippen molar-refractivity contribution in [3.63, 3.8) is 0 Å². The fourth-order valence-corrected chi connectivity index (χ4v) is 7.19. The lowest BCUT2D eigenvalue weighted by atomic mass is 9.99. The number of carbonyl (C=O) groups is 1. The van der Waals surface area contributed by atoms with E-state index in [1.54, 1.807) is 6.08 Å². The van der Waals surface area contributed by atoms with Crippen LogP contribution in [0.1, 0.15) is 200 Å². The maximum absolute atomic E-state index is 12.9. The van der Waals surface area contributed by atoms with Gasteiger partial charge < -0.3 is 40.3 Å². The molecule has 6 N–H and O–H groups in total. The van der Waals surface area contributed by atoms with Gasteiger partial charge in [0.2, 0.25) is 5.91 Å². The molecule has 0 saturated carbocycles. The highest BCUT2D eigenvalue weighted by Crippen LogP contribution is 2.22. The van der Waals surface area contributed by atoms with E-state index in [0.29, 0.717) is 6.42 Å². The first-order valence-corrected chi connectivity index (χ1v) is 23.2. The van der Waals surface area contributed by atoms with Gasteiger partial charge >= 0.3 is 0 Å².